The number of nitrogens with one attached hydrogen (secondary N) is 1. The summed E-state index contributed by atoms with van der Waals surface area (Å²) in [6.07, 6.45) is 0.366. The van der Waals surface area contributed by atoms with Gasteiger partial charge in [-0.05, 0) is 34.5 Å². The van der Waals surface area contributed by atoms with Crippen LogP contribution in [0.2, 0.25) is 0 Å². The number of carbonyl (C=O) groups is 2. The average Bonchev–Trinajstić information content (AvgIpc) is 2.34. The molecule has 0 aromatic heterocycles. The van der Waals surface area contributed by atoms with Gasteiger partial charge in [0.25, 0.3) is 5.91 Å². The van der Waals surface area contributed by atoms with Gasteiger partial charge >= 0.3 is 5.97 Å². The summed E-state index contributed by atoms with van der Waals surface area (Å²) in [6, 6.07) is 3.43. The molecule has 0 saturated heterocycles. The quantitative estimate of drug-likeness (QED) is 0.867. The summed E-state index contributed by atoms with van der Waals surface area (Å²) >= 11 is 3.10. The molecule has 0 bridgehead atoms. The van der Waals surface area contributed by atoms with E-state index in [1.54, 1.807) is 13.0 Å². The number of rotatable bonds is 4. The molecule has 1 atom stereocenters. The van der Waals surface area contributed by atoms with E-state index in [9.17, 15) is 14.0 Å². The predicted molar refractivity (Wildman–Crippen MR) is 67.7 cm³/mol. The van der Waals surface area contributed by atoms with Crippen LogP contribution in [0.5, 0.6) is 0 Å². The molecule has 0 aliphatic carbocycles. The molecule has 0 aliphatic heterocycles. The minimum Gasteiger partial charge on any atom is -0.467 e. The Bertz CT molecular complexity index is 444. The Balaban J connectivity index is 2.91. The molecule has 0 spiro atoms. The van der Waals surface area contributed by atoms with Crippen molar-refractivity contribution in [2.24, 2.45) is 0 Å². The van der Waals surface area contributed by atoms with E-state index in [0.29, 0.717) is 10.9 Å². The molecule has 1 amide bonds. The maximum absolute atomic E-state index is 13.5. The van der Waals surface area contributed by atoms with Crippen molar-refractivity contribution in [2.45, 2.75) is 19.4 Å². The fourth-order valence-electron chi connectivity index (χ4n) is 1.42. The van der Waals surface area contributed by atoms with E-state index in [1.165, 1.54) is 19.2 Å². The van der Waals surface area contributed by atoms with Crippen LogP contribution < -0.4 is 5.32 Å². The number of ether oxygens (including phenoxy) is 1. The van der Waals surface area contributed by atoms with Crippen LogP contribution in [-0.2, 0) is 9.53 Å². The number of methoxy groups -OCH3 is 1. The van der Waals surface area contributed by atoms with Gasteiger partial charge in [0, 0.05) is 4.47 Å². The molecule has 1 N–H and O–H groups in total. The van der Waals surface area contributed by atoms with E-state index < -0.39 is 23.7 Å². The van der Waals surface area contributed by atoms with Crippen LogP contribution in [0.4, 0.5) is 4.39 Å². The SMILES string of the molecule is CC[C@H](NC(=O)c1c(F)cccc1Br)C(=O)OC. The zero-order valence-corrected chi connectivity index (χ0v) is 11.6. The van der Waals surface area contributed by atoms with Crippen molar-refractivity contribution < 1.29 is 18.7 Å². The van der Waals surface area contributed by atoms with Crippen LogP contribution >= 0.6 is 15.9 Å². The molecule has 1 rings (SSSR count). The predicted octanol–water partition coefficient (Wildman–Crippen LogP) is 2.27. The van der Waals surface area contributed by atoms with Gasteiger partial charge in [0.05, 0.1) is 12.7 Å². The van der Waals surface area contributed by atoms with Crippen LogP contribution in [0, 0.1) is 5.82 Å². The fourth-order valence-corrected chi connectivity index (χ4v) is 1.94. The van der Waals surface area contributed by atoms with Crippen LogP contribution in [0.3, 0.4) is 0 Å². The van der Waals surface area contributed by atoms with Gasteiger partial charge in [-0.25, -0.2) is 9.18 Å². The summed E-state index contributed by atoms with van der Waals surface area (Å²) in [5.74, 6) is -1.86. The van der Waals surface area contributed by atoms with E-state index >= 15 is 0 Å². The number of carbonyl (C=O) groups excluding carboxylic acids is 2. The summed E-state index contributed by atoms with van der Waals surface area (Å²) in [5, 5.41) is 2.43. The lowest BCUT2D eigenvalue weighted by Gasteiger charge is -2.15. The van der Waals surface area contributed by atoms with Gasteiger partial charge in [-0.3, -0.25) is 4.79 Å². The summed E-state index contributed by atoms with van der Waals surface area (Å²) in [4.78, 5) is 23.2. The van der Waals surface area contributed by atoms with Gasteiger partial charge < -0.3 is 10.1 Å². The van der Waals surface area contributed by atoms with Crippen molar-refractivity contribution in [1.82, 2.24) is 5.32 Å². The second-order valence-electron chi connectivity index (χ2n) is 3.55. The Morgan fingerprint density at radius 3 is 2.67 bits per heavy atom. The van der Waals surface area contributed by atoms with Gasteiger partial charge in [-0.1, -0.05) is 13.0 Å². The lowest BCUT2D eigenvalue weighted by atomic mass is 10.1. The second-order valence-corrected chi connectivity index (χ2v) is 4.41. The molecule has 4 nitrogen and oxygen atoms in total. The van der Waals surface area contributed by atoms with Crippen molar-refractivity contribution in [3.8, 4) is 0 Å². The summed E-state index contributed by atoms with van der Waals surface area (Å²) in [5.41, 5.74) is -0.125. The van der Waals surface area contributed by atoms with Gasteiger partial charge in [-0.15, -0.1) is 0 Å². The standard InChI is InChI=1S/C12H13BrFNO3/c1-3-9(12(17)18-2)15-11(16)10-7(13)5-4-6-8(10)14/h4-6,9H,3H2,1-2H3,(H,15,16)/t9-/m0/s1. The van der Waals surface area contributed by atoms with Crippen molar-refractivity contribution >= 4 is 27.8 Å². The maximum Gasteiger partial charge on any atom is 0.328 e. The van der Waals surface area contributed by atoms with E-state index in [4.69, 9.17) is 0 Å². The Hall–Kier alpha value is -1.43. The zero-order valence-electron chi connectivity index (χ0n) is 10.00. The lowest BCUT2D eigenvalue weighted by molar-refractivity contribution is -0.142. The van der Waals surface area contributed by atoms with Crippen LogP contribution in [0.25, 0.3) is 0 Å². The molecular formula is C12H13BrFNO3. The third kappa shape index (κ3) is 3.29. The highest BCUT2D eigenvalue weighted by Gasteiger charge is 2.23. The van der Waals surface area contributed by atoms with Gasteiger partial charge in [0.1, 0.15) is 11.9 Å². The molecule has 0 aliphatic rings. The maximum atomic E-state index is 13.5. The normalized spacial score (nSPS) is 11.8. The Kier molecular flexibility index (Phi) is 5.27. The Morgan fingerprint density at radius 2 is 2.17 bits per heavy atom. The summed E-state index contributed by atoms with van der Waals surface area (Å²) in [6.45, 7) is 1.72. The molecule has 0 saturated carbocycles. The number of benzene rings is 1. The molecule has 18 heavy (non-hydrogen) atoms. The summed E-state index contributed by atoms with van der Waals surface area (Å²) in [7, 11) is 1.23. The first kappa shape index (κ1) is 14.6. The third-order valence-corrected chi connectivity index (χ3v) is 3.05. The zero-order chi connectivity index (χ0) is 13.7. The topological polar surface area (TPSA) is 55.4 Å². The van der Waals surface area contributed by atoms with E-state index in [1.807, 2.05) is 0 Å². The first-order valence-corrected chi connectivity index (χ1v) is 6.13. The Morgan fingerprint density at radius 1 is 1.50 bits per heavy atom. The van der Waals surface area contributed by atoms with Crippen molar-refractivity contribution in [3.05, 3.63) is 34.1 Å². The molecule has 0 fully saturated rings. The van der Waals surface area contributed by atoms with Crippen molar-refractivity contribution in [1.29, 1.82) is 0 Å². The number of halogens is 2. The van der Waals surface area contributed by atoms with E-state index in [2.05, 4.69) is 26.0 Å². The highest BCUT2D eigenvalue weighted by Crippen LogP contribution is 2.19. The van der Waals surface area contributed by atoms with E-state index in [0.717, 1.165) is 0 Å². The molecule has 0 unspecified atom stereocenters. The number of amides is 1. The molecule has 1 aromatic rings. The molecular weight excluding hydrogens is 305 g/mol. The second kappa shape index (κ2) is 6.49. The first-order chi connectivity index (χ1) is 8.51. The molecule has 0 radical (unpaired) electrons. The highest BCUT2D eigenvalue weighted by atomic mass is 79.9. The van der Waals surface area contributed by atoms with E-state index in [-0.39, 0.29) is 5.56 Å². The molecule has 6 heteroatoms. The Labute approximate surface area is 113 Å². The monoisotopic (exact) mass is 317 g/mol. The van der Waals surface area contributed by atoms with Crippen molar-refractivity contribution in [3.63, 3.8) is 0 Å². The number of esters is 1. The largest absolute Gasteiger partial charge is 0.467 e. The third-order valence-electron chi connectivity index (χ3n) is 2.39. The highest BCUT2D eigenvalue weighted by molar-refractivity contribution is 9.10. The van der Waals surface area contributed by atoms with Gasteiger partial charge in [0.15, 0.2) is 0 Å². The molecule has 1 aromatic carbocycles. The number of hydrogen-bond donors (Lipinski definition) is 1. The first-order valence-electron chi connectivity index (χ1n) is 5.34. The number of hydrogen-bond acceptors (Lipinski definition) is 3. The lowest BCUT2D eigenvalue weighted by Crippen LogP contribution is -2.41. The van der Waals surface area contributed by atoms with Gasteiger partial charge in [-0.2, -0.15) is 0 Å². The van der Waals surface area contributed by atoms with Crippen molar-refractivity contribution in [2.75, 3.05) is 7.11 Å². The fraction of sp³-hybridized carbons (Fsp3) is 0.333. The minimum atomic E-state index is -0.783. The smallest absolute Gasteiger partial charge is 0.328 e. The summed E-state index contributed by atoms with van der Waals surface area (Å²) < 4.78 is 18.4. The van der Waals surface area contributed by atoms with Crippen LogP contribution in [0.15, 0.2) is 22.7 Å². The van der Waals surface area contributed by atoms with Gasteiger partial charge in [0.2, 0.25) is 0 Å². The molecule has 98 valence electrons. The van der Waals surface area contributed by atoms with Crippen LogP contribution in [-0.4, -0.2) is 25.0 Å². The van der Waals surface area contributed by atoms with Crippen LogP contribution in [0.1, 0.15) is 23.7 Å². The molecule has 0 heterocycles. The average molecular weight is 318 g/mol. The minimum absolute atomic E-state index is 0.125.